The average molecular weight is 326 g/mol. The summed E-state index contributed by atoms with van der Waals surface area (Å²) in [5.41, 5.74) is 1.45. The van der Waals surface area contributed by atoms with E-state index in [0.717, 1.165) is 12.5 Å². The molecule has 1 aromatic carbocycles. The molecule has 0 aliphatic rings. The van der Waals surface area contributed by atoms with E-state index in [1.165, 1.54) is 42.1 Å². The lowest BCUT2D eigenvalue weighted by Crippen LogP contribution is -2.30. The van der Waals surface area contributed by atoms with Gasteiger partial charge in [-0.25, -0.2) is 0 Å². The van der Waals surface area contributed by atoms with E-state index >= 15 is 0 Å². The summed E-state index contributed by atoms with van der Waals surface area (Å²) in [6, 6.07) is 9.36. The van der Waals surface area contributed by atoms with E-state index < -0.39 is 0 Å². The minimum Gasteiger partial charge on any atom is -0.314 e. The summed E-state index contributed by atoms with van der Waals surface area (Å²) in [4.78, 5) is 0. The number of nitrogens with one attached hydrogen (secondary N) is 1. The fourth-order valence-electron chi connectivity index (χ4n) is 2.32. The van der Waals surface area contributed by atoms with E-state index in [2.05, 4.69) is 66.3 Å². The molecule has 0 aromatic heterocycles. The van der Waals surface area contributed by atoms with Crippen molar-refractivity contribution in [3.63, 3.8) is 0 Å². The zero-order valence-electron chi connectivity index (χ0n) is 12.6. The van der Waals surface area contributed by atoms with Crippen LogP contribution >= 0.6 is 15.9 Å². The van der Waals surface area contributed by atoms with Crippen LogP contribution < -0.4 is 5.32 Å². The predicted octanol–water partition coefficient (Wildman–Crippen LogP) is 5.19. The number of halogens is 1. The minimum absolute atomic E-state index is 0.582. The monoisotopic (exact) mass is 325 g/mol. The van der Waals surface area contributed by atoms with Crippen LogP contribution in [0.3, 0.4) is 0 Å². The van der Waals surface area contributed by atoms with Gasteiger partial charge in [-0.2, -0.15) is 0 Å². The summed E-state index contributed by atoms with van der Waals surface area (Å²) in [6.07, 6.45) is 6.55. The fourth-order valence-corrected chi connectivity index (χ4v) is 2.58. The topological polar surface area (TPSA) is 12.0 Å². The molecule has 2 heteroatoms. The molecule has 1 atom stereocenters. The highest BCUT2D eigenvalue weighted by molar-refractivity contribution is 9.10. The van der Waals surface area contributed by atoms with Gasteiger partial charge in [-0.1, -0.05) is 68.1 Å². The first-order valence-electron chi connectivity index (χ1n) is 7.59. The lowest BCUT2D eigenvalue weighted by molar-refractivity contribution is 0.406. The summed E-state index contributed by atoms with van der Waals surface area (Å²) in [5, 5.41) is 3.59. The third-order valence-electron chi connectivity index (χ3n) is 3.47. The van der Waals surface area contributed by atoms with Crippen LogP contribution in [0.15, 0.2) is 28.7 Å². The van der Waals surface area contributed by atoms with Gasteiger partial charge >= 0.3 is 0 Å². The molecule has 1 aromatic rings. The molecule has 0 radical (unpaired) electrons. The van der Waals surface area contributed by atoms with Gasteiger partial charge in [0, 0.05) is 10.5 Å². The van der Waals surface area contributed by atoms with E-state index in [-0.39, 0.29) is 0 Å². The molecule has 0 saturated heterocycles. The first-order valence-corrected chi connectivity index (χ1v) is 8.39. The average Bonchev–Trinajstić information content (AvgIpc) is 2.38. The Hall–Kier alpha value is -0.340. The largest absolute Gasteiger partial charge is 0.314 e. The molecule has 0 fully saturated rings. The second kappa shape index (κ2) is 9.55. The van der Waals surface area contributed by atoms with Crippen molar-refractivity contribution in [2.45, 2.75) is 58.9 Å². The maximum atomic E-state index is 3.59. The Morgan fingerprint density at radius 2 is 1.79 bits per heavy atom. The lowest BCUT2D eigenvalue weighted by atomic mass is 9.93. The first kappa shape index (κ1) is 16.7. The number of hydrogen-bond donors (Lipinski definition) is 1. The molecule has 0 aliphatic carbocycles. The molecule has 1 N–H and O–H groups in total. The van der Waals surface area contributed by atoms with E-state index in [0.29, 0.717) is 6.04 Å². The highest BCUT2D eigenvalue weighted by Gasteiger charge is 2.10. The SMILES string of the molecule is CCCCCC(CNC(C)C)Cc1ccc(Br)cc1. The molecule has 0 aliphatic heterocycles. The fraction of sp³-hybridized carbons (Fsp3) is 0.647. The maximum Gasteiger partial charge on any atom is 0.0175 e. The van der Waals surface area contributed by atoms with Gasteiger partial charge in [0.25, 0.3) is 0 Å². The van der Waals surface area contributed by atoms with Crippen molar-refractivity contribution >= 4 is 15.9 Å². The van der Waals surface area contributed by atoms with Crippen LogP contribution in [-0.4, -0.2) is 12.6 Å². The third-order valence-corrected chi connectivity index (χ3v) is 4.00. The summed E-state index contributed by atoms with van der Waals surface area (Å²) in [6.45, 7) is 7.86. The summed E-state index contributed by atoms with van der Waals surface area (Å²) < 4.78 is 1.17. The van der Waals surface area contributed by atoms with Crippen molar-refractivity contribution in [1.29, 1.82) is 0 Å². The Kier molecular flexibility index (Phi) is 8.40. The zero-order valence-corrected chi connectivity index (χ0v) is 14.2. The quantitative estimate of drug-likeness (QED) is 0.616. The predicted molar refractivity (Wildman–Crippen MR) is 88.6 cm³/mol. The normalized spacial score (nSPS) is 12.9. The summed E-state index contributed by atoms with van der Waals surface area (Å²) in [5.74, 6) is 0.759. The minimum atomic E-state index is 0.582. The molecule has 108 valence electrons. The van der Waals surface area contributed by atoms with Crippen molar-refractivity contribution in [3.8, 4) is 0 Å². The van der Waals surface area contributed by atoms with Crippen LogP contribution in [0.2, 0.25) is 0 Å². The van der Waals surface area contributed by atoms with Crippen LogP contribution in [0.4, 0.5) is 0 Å². The number of rotatable bonds is 9. The molecule has 0 saturated carbocycles. The van der Waals surface area contributed by atoms with Gasteiger partial charge in [0.2, 0.25) is 0 Å². The van der Waals surface area contributed by atoms with E-state index in [4.69, 9.17) is 0 Å². The number of benzene rings is 1. The lowest BCUT2D eigenvalue weighted by Gasteiger charge is -2.19. The van der Waals surface area contributed by atoms with Crippen LogP contribution in [-0.2, 0) is 6.42 Å². The Balaban J connectivity index is 2.48. The Morgan fingerprint density at radius 1 is 1.11 bits per heavy atom. The van der Waals surface area contributed by atoms with Gasteiger partial charge in [0.1, 0.15) is 0 Å². The Bertz CT molecular complexity index is 332. The van der Waals surface area contributed by atoms with E-state index in [1.807, 2.05) is 0 Å². The summed E-state index contributed by atoms with van der Waals surface area (Å²) in [7, 11) is 0. The van der Waals surface area contributed by atoms with E-state index in [9.17, 15) is 0 Å². The molecule has 0 heterocycles. The van der Waals surface area contributed by atoms with Gasteiger partial charge in [-0.3, -0.25) is 0 Å². The van der Waals surface area contributed by atoms with Crippen LogP contribution in [0, 0.1) is 5.92 Å². The van der Waals surface area contributed by atoms with Gasteiger partial charge in [0.15, 0.2) is 0 Å². The second-order valence-corrected chi connectivity index (χ2v) is 6.67. The smallest absolute Gasteiger partial charge is 0.0175 e. The standard InChI is InChI=1S/C17H28BrN/c1-4-5-6-7-16(13-19-14(2)3)12-15-8-10-17(18)11-9-15/h8-11,14,16,19H,4-7,12-13H2,1-3H3. The molecule has 0 amide bonds. The van der Waals surface area contributed by atoms with Crippen molar-refractivity contribution in [1.82, 2.24) is 5.32 Å². The molecule has 0 spiro atoms. The molecule has 19 heavy (non-hydrogen) atoms. The van der Waals surface area contributed by atoms with Crippen molar-refractivity contribution in [2.75, 3.05) is 6.54 Å². The first-order chi connectivity index (χ1) is 9.11. The van der Waals surface area contributed by atoms with Gasteiger partial charge in [-0.15, -0.1) is 0 Å². The van der Waals surface area contributed by atoms with Crippen LogP contribution in [0.25, 0.3) is 0 Å². The highest BCUT2D eigenvalue weighted by Crippen LogP contribution is 2.18. The highest BCUT2D eigenvalue weighted by atomic mass is 79.9. The van der Waals surface area contributed by atoms with Gasteiger partial charge in [0.05, 0.1) is 0 Å². The zero-order chi connectivity index (χ0) is 14.1. The van der Waals surface area contributed by atoms with Crippen molar-refractivity contribution < 1.29 is 0 Å². The van der Waals surface area contributed by atoms with Crippen LogP contribution in [0.5, 0.6) is 0 Å². The molecular formula is C17H28BrN. The van der Waals surface area contributed by atoms with E-state index in [1.54, 1.807) is 0 Å². The number of hydrogen-bond acceptors (Lipinski definition) is 1. The van der Waals surface area contributed by atoms with Crippen molar-refractivity contribution in [2.24, 2.45) is 5.92 Å². The molecule has 1 unspecified atom stereocenters. The third kappa shape index (κ3) is 7.74. The van der Waals surface area contributed by atoms with Crippen LogP contribution in [0.1, 0.15) is 52.0 Å². The Labute approximate surface area is 127 Å². The van der Waals surface area contributed by atoms with Gasteiger partial charge in [-0.05, 0) is 43.0 Å². The van der Waals surface area contributed by atoms with Gasteiger partial charge < -0.3 is 5.32 Å². The second-order valence-electron chi connectivity index (χ2n) is 5.76. The molecule has 1 rings (SSSR count). The van der Waals surface area contributed by atoms with Crippen molar-refractivity contribution in [3.05, 3.63) is 34.3 Å². The summed E-state index contributed by atoms with van der Waals surface area (Å²) >= 11 is 3.50. The molecular weight excluding hydrogens is 298 g/mol. The number of unbranched alkanes of at least 4 members (excludes halogenated alkanes) is 2. The molecule has 1 nitrogen and oxygen atoms in total. The Morgan fingerprint density at radius 3 is 2.37 bits per heavy atom. The maximum absolute atomic E-state index is 3.59. The molecule has 0 bridgehead atoms.